The molecular weight excluding hydrogens is 761 g/mol. The van der Waals surface area contributed by atoms with E-state index in [4.69, 9.17) is 23.7 Å². The average molecular weight is 831 g/mol. The summed E-state index contributed by atoms with van der Waals surface area (Å²) in [6.45, 7) is 18.5. The van der Waals surface area contributed by atoms with Gasteiger partial charge in [0.05, 0.1) is 23.9 Å². The number of ketones is 1. The zero-order chi connectivity index (χ0) is 43.7. The largest absolute Gasteiger partial charge is 0.458 e. The minimum absolute atomic E-state index is 0.0222. The molecule has 0 saturated carbocycles. The molecule has 0 aromatic carbocycles. The Balaban J connectivity index is 1.61. The van der Waals surface area contributed by atoms with Gasteiger partial charge in [-0.25, -0.2) is 4.79 Å². The fraction of sp³-hybridized carbons (Fsp3) is 0.786. The normalized spacial score (nSPS) is 31.5. The molecule has 2 aliphatic heterocycles. The first-order valence-electron chi connectivity index (χ1n) is 21.3. The first kappa shape index (κ1) is 48.1. The van der Waals surface area contributed by atoms with E-state index in [1.807, 2.05) is 72.8 Å². The molecule has 12 atom stereocenters. The molecule has 2 fully saturated rings. The zero-order valence-corrected chi connectivity index (χ0v) is 37.3. The zero-order valence-electron chi connectivity index (χ0n) is 37.3. The molecule has 2 saturated heterocycles. The number of nitrogens with one attached hydrogen (secondary N) is 1. The summed E-state index contributed by atoms with van der Waals surface area (Å²) in [7, 11) is 5.35. The molecule has 0 radical (unpaired) electrons. The van der Waals surface area contributed by atoms with Gasteiger partial charge in [0.15, 0.2) is 17.7 Å². The van der Waals surface area contributed by atoms with Crippen LogP contribution < -0.4 is 5.32 Å². The van der Waals surface area contributed by atoms with Crippen LogP contribution in [0.15, 0.2) is 24.5 Å². The van der Waals surface area contributed by atoms with Gasteiger partial charge in [0.25, 0.3) is 0 Å². The number of carbonyl (C=O) groups excluding carboxylic acids is 3. The number of esters is 1. The molecule has 332 valence electrons. The second-order valence-electron chi connectivity index (χ2n) is 17.0. The summed E-state index contributed by atoms with van der Waals surface area (Å²) < 4.78 is 33.1. The van der Waals surface area contributed by atoms with Crippen LogP contribution in [0.4, 0.5) is 4.79 Å². The number of rotatable bonds is 16. The number of aliphatic hydroxyl groups excluding tert-OH is 1. The highest BCUT2D eigenvalue weighted by atomic mass is 16.7. The Morgan fingerprint density at radius 2 is 1.76 bits per heavy atom. The van der Waals surface area contributed by atoms with Gasteiger partial charge < -0.3 is 39.0 Å². The number of likely N-dealkylation sites (N-methyl/N-ethyl adjacent to an activating group) is 1. The molecule has 0 aliphatic carbocycles. The van der Waals surface area contributed by atoms with Gasteiger partial charge in [0.2, 0.25) is 0 Å². The number of nitrogens with zero attached hydrogens (tertiary/aromatic N) is 7. The van der Waals surface area contributed by atoms with Crippen molar-refractivity contribution in [2.45, 2.75) is 155 Å². The summed E-state index contributed by atoms with van der Waals surface area (Å²) in [5, 5.41) is 31.7. The van der Waals surface area contributed by atoms with E-state index in [2.05, 4.69) is 32.7 Å². The predicted octanol–water partition coefficient (Wildman–Crippen LogP) is 4.13. The molecule has 2 N–H and O–H groups in total. The highest BCUT2D eigenvalue weighted by Gasteiger charge is 2.58. The van der Waals surface area contributed by atoms with Crippen LogP contribution in [-0.4, -0.2) is 153 Å². The number of unbranched alkanes of at least 4 members (excludes halogenated alkanes) is 1. The first-order chi connectivity index (χ1) is 28.0. The number of aryl methyl sites for hydroxylation is 1. The van der Waals surface area contributed by atoms with Crippen molar-refractivity contribution in [1.82, 2.24) is 40.3 Å². The van der Waals surface area contributed by atoms with Gasteiger partial charge in [-0.05, 0) is 105 Å². The highest BCUT2D eigenvalue weighted by Crippen LogP contribution is 2.40. The molecule has 4 heterocycles. The lowest BCUT2D eigenvalue weighted by Crippen LogP contribution is -2.61. The van der Waals surface area contributed by atoms with Crippen LogP contribution in [0.2, 0.25) is 0 Å². The number of ether oxygens (including phenoxy) is 5. The summed E-state index contributed by atoms with van der Waals surface area (Å²) in [6.07, 6.45) is 1.80. The number of aromatic nitrogens is 5. The number of carbonyl (C=O) groups is 3. The maximum atomic E-state index is 14.4. The molecule has 0 spiro atoms. The van der Waals surface area contributed by atoms with Crippen LogP contribution in [0.3, 0.4) is 0 Å². The van der Waals surface area contributed by atoms with E-state index in [0.717, 1.165) is 0 Å². The monoisotopic (exact) mass is 831 g/mol. The smallest absolute Gasteiger partial charge is 0.410 e. The van der Waals surface area contributed by atoms with Gasteiger partial charge in [-0.2, -0.15) is 5.10 Å². The first-order valence-corrected chi connectivity index (χ1v) is 21.3. The number of aliphatic hydroxyl groups is 1. The SMILES string of the molecule is CCO[C@@H](O[C@@H]1[C@@H](C)C(=O)[C@@H](C)C(=O)O[C@H](CC)[C@@]2(C)OC(=O)N(CCCCn3cc(-c4cccnn4)nn3)[C@@H]2[C@@H](C)NC[C@H](C)C[C@@]1(C)OC)C(O)C(CC)N(C)C. The van der Waals surface area contributed by atoms with Crippen LogP contribution in [0.1, 0.15) is 94.4 Å². The van der Waals surface area contributed by atoms with Crippen molar-refractivity contribution in [3.63, 3.8) is 0 Å². The van der Waals surface area contributed by atoms with Crippen molar-refractivity contribution in [2.24, 2.45) is 17.8 Å². The lowest BCUT2D eigenvalue weighted by atomic mass is 9.78. The molecule has 4 rings (SSSR count). The average Bonchev–Trinajstić information content (AvgIpc) is 3.79. The predicted molar refractivity (Wildman–Crippen MR) is 220 cm³/mol. The second-order valence-corrected chi connectivity index (χ2v) is 17.0. The Labute approximate surface area is 350 Å². The van der Waals surface area contributed by atoms with Crippen LogP contribution in [0, 0.1) is 17.8 Å². The third-order valence-corrected chi connectivity index (χ3v) is 12.3. The van der Waals surface area contributed by atoms with Crippen molar-refractivity contribution in [3.8, 4) is 11.4 Å². The molecule has 17 nitrogen and oxygen atoms in total. The Kier molecular flexibility index (Phi) is 17.3. The van der Waals surface area contributed by atoms with Crippen LogP contribution in [-0.2, 0) is 39.8 Å². The number of methoxy groups -OCH3 is 1. The van der Waals surface area contributed by atoms with Crippen molar-refractivity contribution in [1.29, 1.82) is 0 Å². The van der Waals surface area contributed by atoms with E-state index < -0.39 is 71.5 Å². The van der Waals surface area contributed by atoms with E-state index in [0.29, 0.717) is 63.1 Å². The second kappa shape index (κ2) is 21.3. The quantitative estimate of drug-likeness (QED) is 0.106. The number of amides is 1. The maximum Gasteiger partial charge on any atom is 0.410 e. The third kappa shape index (κ3) is 11.2. The van der Waals surface area contributed by atoms with Gasteiger partial charge in [-0.1, -0.05) is 32.9 Å². The fourth-order valence-electron chi connectivity index (χ4n) is 9.00. The maximum absolute atomic E-state index is 14.4. The summed E-state index contributed by atoms with van der Waals surface area (Å²) in [6, 6.07) is 2.50. The van der Waals surface area contributed by atoms with E-state index in [1.165, 1.54) is 6.92 Å². The van der Waals surface area contributed by atoms with E-state index in [-0.39, 0.29) is 24.6 Å². The van der Waals surface area contributed by atoms with Crippen LogP contribution in [0.5, 0.6) is 0 Å². The van der Waals surface area contributed by atoms with Gasteiger partial charge in [0, 0.05) is 51.0 Å². The van der Waals surface area contributed by atoms with Crippen LogP contribution in [0.25, 0.3) is 11.4 Å². The third-order valence-electron chi connectivity index (χ3n) is 12.3. The summed E-state index contributed by atoms with van der Waals surface area (Å²) in [5.74, 6) is -3.21. The van der Waals surface area contributed by atoms with Gasteiger partial charge in [0.1, 0.15) is 29.5 Å². The molecule has 1 amide bonds. The van der Waals surface area contributed by atoms with Crippen molar-refractivity contribution in [2.75, 3.05) is 40.9 Å². The fourth-order valence-corrected chi connectivity index (χ4v) is 9.00. The Morgan fingerprint density at radius 3 is 2.37 bits per heavy atom. The number of hydrogen-bond acceptors (Lipinski definition) is 15. The number of Topliss-reactive ketones (excluding diaryl/α,β-unsaturated/α-hetero) is 1. The minimum Gasteiger partial charge on any atom is -0.458 e. The van der Waals surface area contributed by atoms with Gasteiger partial charge in [-0.15, -0.1) is 10.2 Å². The molecule has 2 aliphatic rings. The summed E-state index contributed by atoms with van der Waals surface area (Å²) in [5.41, 5.74) is -1.04. The van der Waals surface area contributed by atoms with E-state index in [1.54, 1.807) is 35.9 Å². The topological polar surface area (TPSA) is 193 Å². The standard InChI is InChI=1S/C42H70N8O9/c1-13-32(48(10)11)35(52)39(56-15-3)58-37-27(5)34(51)28(6)38(53)57-33(14-2)42(9)36(29(7)43-24-26(4)23-41(37,8)55-12)50(40(54)59-42)22-17-16-21-49-25-31(46-47-49)30-19-18-20-44-45-30/h18-20,25-29,32-33,35-37,39,43,52H,13-17,21-24H2,1-12H3/t26-,27+,28-,29-,32?,33-,35?,36-,37-,39+,41-,42-/m1/s1. The molecule has 17 heteroatoms. The number of hydrogen-bond donors (Lipinski definition) is 2. The van der Waals surface area contributed by atoms with Gasteiger partial charge >= 0.3 is 12.1 Å². The van der Waals surface area contributed by atoms with Crippen molar-refractivity contribution < 1.29 is 43.2 Å². The van der Waals surface area contributed by atoms with Gasteiger partial charge in [-0.3, -0.25) is 19.2 Å². The lowest BCUT2D eigenvalue weighted by molar-refractivity contribution is -0.265. The van der Waals surface area contributed by atoms with Crippen molar-refractivity contribution in [3.05, 3.63) is 24.5 Å². The van der Waals surface area contributed by atoms with Crippen LogP contribution >= 0.6 is 0 Å². The minimum atomic E-state index is -1.24. The number of fused-ring (bicyclic) bond motifs is 1. The lowest BCUT2D eigenvalue weighted by Gasteiger charge is -2.44. The van der Waals surface area contributed by atoms with E-state index in [9.17, 15) is 19.5 Å². The number of cyclic esters (lactones) is 1. The Bertz CT molecular complexity index is 1650. The Morgan fingerprint density at radius 1 is 1.05 bits per heavy atom. The Hall–Kier alpha value is -3.61. The highest BCUT2D eigenvalue weighted by molar-refractivity contribution is 6.00. The molecular formula is C42H70N8O9. The summed E-state index contributed by atoms with van der Waals surface area (Å²) in [4.78, 5) is 45.9. The molecule has 59 heavy (non-hydrogen) atoms. The molecule has 2 aromatic heterocycles. The molecule has 0 bridgehead atoms. The molecule has 2 aromatic rings. The van der Waals surface area contributed by atoms with Crippen molar-refractivity contribution >= 4 is 17.8 Å². The van der Waals surface area contributed by atoms with E-state index >= 15 is 0 Å². The molecule has 2 unspecified atom stereocenters. The summed E-state index contributed by atoms with van der Waals surface area (Å²) >= 11 is 0.